The van der Waals surface area contributed by atoms with Gasteiger partial charge in [0.15, 0.2) is 5.82 Å². The standard InChI is InChI=1S/C20H19N7S/c1-4-14-15(5-1)28-20-17(14)19(25-10-9-24-16-12-22-7-8-23-16)26-18(27-20)13-3-2-6-21-11-13/h2-3,6-8,11-12H,1,4-5,9-10H2,(H,23,24)(H,25,26,27). The van der Waals surface area contributed by atoms with Crippen LogP contribution in [0, 0.1) is 0 Å². The predicted octanol–water partition coefficient (Wildman–Crippen LogP) is 3.56. The molecule has 0 unspecified atom stereocenters. The smallest absolute Gasteiger partial charge is 0.164 e. The summed E-state index contributed by atoms with van der Waals surface area (Å²) in [7, 11) is 0. The number of pyridine rings is 1. The Morgan fingerprint density at radius 2 is 1.89 bits per heavy atom. The summed E-state index contributed by atoms with van der Waals surface area (Å²) in [5.41, 5.74) is 2.35. The van der Waals surface area contributed by atoms with E-state index in [9.17, 15) is 0 Å². The van der Waals surface area contributed by atoms with Crippen molar-refractivity contribution in [3.8, 4) is 11.4 Å². The molecule has 7 nitrogen and oxygen atoms in total. The lowest BCUT2D eigenvalue weighted by Gasteiger charge is -2.11. The average molecular weight is 389 g/mol. The SMILES string of the molecule is c1cncc(-c2nc(NCCNc3cnccn3)c3c4c(sc3n2)CCC4)c1. The van der Waals surface area contributed by atoms with E-state index < -0.39 is 0 Å². The minimum atomic E-state index is 0.713. The van der Waals surface area contributed by atoms with Crippen molar-refractivity contribution in [2.75, 3.05) is 23.7 Å². The Morgan fingerprint density at radius 3 is 2.75 bits per heavy atom. The van der Waals surface area contributed by atoms with E-state index in [0.717, 1.165) is 48.0 Å². The highest BCUT2D eigenvalue weighted by molar-refractivity contribution is 7.19. The van der Waals surface area contributed by atoms with Gasteiger partial charge in [0, 0.05) is 48.3 Å². The fraction of sp³-hybridized carbons (Fsp3) is 0.250. The normalized spacial score (nSPS) is 12.9. The van der Waals surface area contributed by atoms with Gasteiger partial charge in [-0.15, -0.1) is 11.3 Å². The molecule has 28 heavy (non-hydrogen) atoms. The van der Waals surface area contributed by atoms with Crippen molar-refractivity contribution in [3.05, 3.63) is 53.6 Å². The number of anilines is 2. The van der Waals surface area contributed by atoms with Crippen LogP contribution in [-0.4, -0.2) is 38.0 Å². The van der Waals surface area contributed by atoms with Gasteiger partial charge in [0.2, 0.25) is 0 Å². The Morgan fingerprint density at radius 1 is 0.964 bits per heavy atom. The Kier molecular flexibility index (Phi) is 4.54. The quantitative estimate of drug-likeness (QED) is 0.488. The molecule has 0 radical (unpaired) electrons. The average Bonchev–Trinajstić information content (AvgIpc) is 3.33. The topological polar surface area (TPSA) is 88.5 Å². The summed E-state index contributed by atoms with van der Waals surface area (Å²) < 4.78 is 0. The molecule has 140 valence electrons. The summed E-state index contributed by atoms with van der Waals surface area (Å²) in [4.78, 5) is 24.7. The second-order valence-corrected chi connectivity index (χ2v) is 7.70. The Balaban J connectivity index is 1.44. The molecule has 0 spiro atoms. The highest BCUT2D eigenvalue weighted by Gasteiger charge is 2.22. The number of hydrogen-bond donors (Lipinski definition) is 2. The van der Waals surface area contributed by atoms with E-state index in [-0.39, 0.29) is 0 Å². The summed E-state index contributed by atoms with van der Waals surface area (Å²) in [5.74, 6) is 2.39. The lowest BCUT2D eigenvalue weighted by Crippen LogP contribution is -2.15. The molecule has 0 saturated heterocycles. The van der Waals surface area contributed by atoms with Gasteiger partial charge >= 0.3 is 0 Å². The first-order valence-electron chi connectivity index (χ1n) is 9.35. The van der Waals surface area contributed by atoms with Crippen molar-refractivity contribution in [2.45, 2.75) is 19.3 Å². The van der Waals surface area contributed by atoms with Crippen LogP contribution >= 0.6 is 11.3 Å². The molecule has 8 heteroatoms. The number of aryl methyl sites for hydroxylation is 2. The first-order valence-corrected chi connectivity index (χ1v) is 10.2. The maximum atomic E-state index is 4.85. The monoisotopic (exact) mass is 389 g/mol. The molecular weight excluding hydrogens is 370 g/mol. The molecule has 4 aromatic rings. The number of thiophene rings is 1. The molecule has 0 aromatic carbocycles. The van der Waals surface area contributed by atoms with Gasteiger partial charge in [-0.3, -0.25) is 9.97 Å². The second kappa shape index (κ2) is 7.47. The van der Waals surface area contributed by atoms with E-state index in [1.807, 2.05) is 18.3 Å². The molecule has 0 aliphatic heterocycles. The fourth-order valence-electron chi connectivity index (χ4n) is 3.51. The van der Waals surface area contributed by atoms with Crippen LogP contribution < -0.4 is 10.6 Å². The lowest BCUT2D eigenvalue weighted by molar-refractivity contribution is 0.917. The Bertz CT molecular complexity index is 1100. The molecule has 1 aliphatic carbocycles. The van der Waals surface area contributed by atoms with Crippen molar-refractivity contribution in [1.29, 1.82) is 0 Å². The number of nitrogens with one attached hydrogen (secondary N) is 2. The maximum Gasteiger partial charge on any atom is 0.164 e. The zero-order valence-electron chi connectivity index (χ0n) is 15.2. The molecule has 4 heterocycles. The summed E-state index contributed by atoms with van der Waals surface area (Å²) in [6.07, 6.45) is 12.1. The number of fused-ring (bicyclic) bond motifs is 3. The van der Waals surface area contributed by atoms with E-state index in [2.05, 4.69) is 25.6 Å². The molecule has 1 aliphatic rings. The van der Waals surface area contributed by atoms with Crippen molar-refractivity contribution < 1.29 is 0 Å². The Labute approximate surface area is 166 Å². The summed E-state index contributed by atoms with van der Waals surface area (Å²) in [6.45, 7) is 1.44. The van der Waals surface area contributed by atoms with E-state index in [0.29, 0.717) is 5.82 Å². The summed E-state index contributed by atoms with van der Waals surface area (Å²) in [5, 5.41) is 7.96. The van der Waals surface area contributed by atoms with Gasteiger partial charge in [-0.1, -0.05) is 0 Å². The number of aromatic nitrogens is 5. The van der Waals surface area contributed by atoms with Crippen LogP contribution in [0.1, 0.15) is 16.9 Å². The molecule has 0 fully saturated rings. The zero-order chi connectivity index (χ0) is 18.8. The lowest BCUT2D eigenvalue weighted by atomic mass is 10.2. The Hall–Kier alpha value is -3.13. The van der Waals surface area contributed by atoms with Crippen LogP contribution in [0.2, 0.25) is 0 Å². The van der Waals surface area contributed by atoms with Gasteiger partial charge in [-0.05, 0) is 37.0 Å². The van der Waals surface area contributed by atoms with Gasteiger partial charge in [-0.2, -0.15) is 0 Å². The highest BCUT2D eigenvalue weighted by atomic mass is 32.1. The molecule has 5 rings (SSSR count). The third-order valence-corrected chi connectivity index (χ3v) is 5.96. The van der Waals surface area contributed by atoms with Gasteiger partial charge in [0.25, 0.3) is 0 Å². The van der Waals surface area contributed by atoms with Crippen LogP contribution in [-0.2, 0) is 12.8 Å². The van der Waals surface area contributed by atoms with Crippen LogP contribution in [0.4, 0.5) is 11.6 Å². The minimum absolute atomic E-state index is 0.713. The molecule has 0 atom stereocenters. The van der Waals surface area contributed by atoms with E-state index >= 15 is 0 Å². The highest BCUT2D eigenvalue weighted by Crippen LogP contribution is 2.40. The maximum absolute atomic E-state index is 4.85. The number of hydrogen-bond acceptors (Lipinski definition) is 8. The van der Waals surface area contributed by atoms with Gasteiger partial charge < -0.3 is 10.6 Å². The first-order chi connectivity index (χ1) is 13.9. The number of nitrogens with zero attached hydrogens (tertiary/aromatic N) is 5. The van der Waals surface area contributed by atoms with Crippen molar-refractivity contribution in [1.82, 2.24) is 24.9 Å². The van der Waals surface area contributed by atoms with Crippen molar-refractivity contribution >= 4 is 33.2 Å². The predicted molar refractivity (Wildman–Crippen MR) is 112 cm³/mol. The zero-order valence-corrected chi connectivity index (χ0v) is 16.0. The van der Waals surface area contributed by atoms with Crippen LogP contribution in [0.15, 0.2) is 43.1 Å². The van der Waals surface area contributed by atoms with Crippen molar-refractivity contribution in [3.63, 3.8) is 0 Å². The van der Waals surface area contributed by atoms with Gasteiger partial charge in [-0.25, -0.2) is 15.0 Å². The van der Waals surface area contributed by atoms with Gasteiger partial charge in [0.1, 0.15) is 16.5 Å². The molecule has 4 aromatic heterocycles. The fourth-order valence-corrected chi connectivity index (χ4v) is 4.77. The van der Waals surface area contributed by atoms with Gasteiger partial charge in [0.05, 0.1) is 11.6 Å². The second-order valence-electron chi connectivity index (χ2n) is 6.62. The van der Waals surface area contributed by atoms with E-state index in [1.54, 1.807) is 36.1 Å². The molecule has 0 saturated carbocycles. The van der Waals surface area contributed by atoms with E-state index in [1.165, 1.54) is 22.2 Å². The van der Waals surface area contributed by atoms with E-state index in [4.69, 9.17) is 9.97 Å². The van der Waals surface area contributed by atoms with Crippen LogP contribution in [0.5, 0.6) is 0 Å². The largest absolute Gasteiger partial charge is 0.368 e. The third kappa shape index (κ3) is 3.27. The molecule has 0 bridgehead atoms. The summed E-state index contributed by atoms with van der Waals surface area (Å²) in [6, 6.07) is 3.91. The first kappa shape index (κ1) is 17.0. The van der Waals surface area contributed by atoms with Crippen LogP contribution in [0.25, 0.3) is 21.6 Å². The minimum Gasteiger partial charge on any atom is -0.368 e. The molecule has 0 amide bonds. The molecule has 2 N–H and O–H groups in total. The third-order valence-electron chi connectivity index (χ3n) is 4.77. The molecular formula is C20H19N7S. The number of rotatable bonds is 6. The van der Waals surface area contributed by atoms with Crippen LogP contribution in [0.3, 0.4) is 0 Å². The summed E-state index contributed by atoms with van der Waals surface area (Å²) >= 11 is 1.80. The van der Waals surface area contributed by atoms with Crippen molar-refractivity contribution in [2.24, 2.45) is 0 Å².